The standard InChI is InChI=1S/C31H30I2N4O6S/c32-19-29(38)36-13-9-34(10-14-36)21-5-7-23-26(17-21)43-27-18-22(35-11-15-37(16-12-35)30(39)20-33)6-8-24(27)31(23)25-3-1-2-4-28(25)44(40,41)42/h1-8,17-18H,9-16,19-20H2. The fraction of sp³-hybridized carbons (Fsp3) is 0.323. The van der Waals surface area contributed by atoms with Gasteiger partial charge in [-0.3, -0.25) is 9.59 Å². The zero-order valence-electron chi connectivity index (χ0n) is 23.7. The zero-order chi connectivity index (χ0) is 31.0. The summed E-state index contributed by atoms with van der Waals surface area (Å²) in [5.74, 6) is 0.829. The van der Waals surface area contributed by atoms with Crippen molar-refractivity contribution in [3.8, 4) is 22.5 Å². The lowest BCUT2D eigenvalue weighted by atomic mass is 9.93. The molecule has 0 atom stereocenters. The Morgan fingerprint density at radius 2 is 1.48 bits per heavy atom. The number of alkyl halides is 2. The highest BCUT2D eigenvalue weighted by molar-refractivity contribution is 14.1. The van der Waals surface area contributed by atoms with E-state index in [9.17, 15) is 22.6 Å². The van der Waals surface area contributed by atoms with Crippen LogP contribution in [0.1, 0.15) is 0 Å². The first-order valence-electron chi connectivity index (χ1n) is 14.2. The number of carbonyl (C=O) groups is 2. The van der Waals surface area contributed by atoms with Crippen molar-refractivity contribution in [1.82, 2.24) is 14.4 Å². The summed E-state index contributed by atoms with van der Waals surface area (Å²) in [6, 6.07) is 17.9. The number of nitrogens with zero attached hydrogens (tertiary/aromatic N) is 4. The topological polar surface area (TPSA) is 117 Å². The first-order valence-corrected chi connectivity index (χ1v) is 18.7. The minimum atomic E-state index is -4.76. The molecule has 0 spiro atoms. The molecule has 13 heteroatoms. The third-order valence-corrected chi connectivity index (χ3v) is 10.5. The van der Waals surface area contributed by atoms with Gasteiger partial charge in [0, 0.05) is 66.1 Å². The molecule has 1 aliphatic carbocycles. The number of hydrogen-bond donors (Lipinski definition) is 0. The largest absolute Gasteiger partial charge is 0.744 e. The molecular weight excluding hydrogens is 810 g/mol. The number of hydrogen-bond acceptors (Lipinski definition) is 7. The molecule has 3 heterocycles. The fourth-order valence-electron chi connectivity index (χ4n) is 6.04. The Bertz CT molecular complexity index is 1890. The van der Waals surface area contributed by atoms with Gasteiger partial charge in [-0.2, -0.15) is 0 Å². The van der Waals surface area contributed by atoms with Gasteiger partial charge in [-0.15, -0.1) is 0 Å². The van der Waals surface area contributed by atoms with Crippen LogP contribution < -0.4 is 14.8 Å². The molecule has 44 heavy (non-hydrogen) atoms. The smallest absolute Gasteiger partial charge is 0.232 e. The van der Waals surface area contributed by atoms with Crippen molar-refractivity contribution in [2.24, 2.45) is 0 Å². The van der Waals surface area contributed by atoms with Gasteiger partial charge in [0.1, 0.15) is 21.5 Å². The van der Waals surface area contributed by atoms with Crippen LogP contribution in [0.3, 0.4) is 0 Å². The lowest BCUT2D eigenvalue weighted by Crippen LogP contribution is -2.50. The zero-order valence-corrected chi connectivity index (χ0v) is 28.9. The molecule has 2 saturated heterocycles. The lowest BCUT2D eigenvalue weighted by molar-refractivity contribution is -0.129. The highest BCUT2D eigenvalue weighted by Crippen LogP contribution is 2.43. The van der Waals surface area contributed by atoms with Gasteiger partial charge in [0.05, 0.1) is 32.9 Å². The van der Waals surface area contributed by atoms with Crippen LogP contribution in [0.5, 0.6) is 0 Å². The SMILES string of the molecule is O=C(CI)N1CCN(c2ccc3c(-c4ccccc4S(=O)(=O)[O-])c4ccc(=[N+]5CCN(C(=O)CI)CC5)cc-4oc3c2)CC1. The van der Waals surface area contributed by atoms with Gasteiger partial charge in [0.2, 0.25) is 17.2 Å². The third kappa shape index (κ3) is 6.20. The average molecular weight is 840 g/mol. The summed E-state index contributed by atoms with van der Waals surface area (Å²) in [6.45, 7) is 5.26. The maximum Gasteiger partial charge on any atom is 0.232 e. The monoisotopic (exact) mass is 840 g/mol. The second-order valence-electron chi connectivity index (χ2n) is 10.8. The van der Waals surface area contributed by atoms with Crippen LogP contribution in [0.2, 0.25) is 0 Å². The normalized spacial score (nSPS) is 16.2. The molecule has 3 aliphatic heterocycles. The summed E-state index contributed by atoms with van der Waals surface area (Å²) < 4.78 is 46.7. The van der Waals surface area contributed by atoms with E-state index in [1.165, 1.54) is 6.07 Å². The lowest BCUT2D eigenvalue weighted by Gasteiger charge is -2.36. The van der Waals surface area contributed by atoms with Crippen molar-refractivity contribution < 1.29 is 27.0 Å². The Hall–Kier alpha value is -2.76. The number of anilines is 1. The van der Waals surface area contributed by atoms with E-state index in [0.717, 1.165) is 11.0 Å². The Balaban J connectivity index is 1.49. The highest BCUT2D eigenvalue weighted by atomic mass is 127. The first kappa shape index (κ1) is 31.2. The molecule has 2 fully saturated rings. The third-order valence-electron chi connectivity index (χ3n) is 8.34. The van der Waals surface area contributed by atoms with Crippen molar-refractivity contribution in [1.29, 1.82) is 0 Å². The van der Waals surface area contributed by atoms with E-state index in [-0.39, 0.29) is 16.7 Å². The summed E-state index contributed by atoms with van der Waals surface area (Å²) in [4.78, 5) is 30.0. The molecule has 2 amide bonds. The molecule has 0 unspecified atom stereocenters. The number of benzene rings is 3. The molecular formula is C31H30I2N4O6S. The molecule has 0 N–H and O–H groups in total. The van der Waals surface area contributed by atoms with E-state index in [1.54, 1.807) is 18.2 Å². The quantitative estimate of drug-likeness (QED) is 0.0997. The Labute approximate surface area is 282 Å². The molecule has 0 radical (unpaired) electrons. The van der Waals surface area contributed by atoms with Crippen molar-refractivity contribution in [3.63, 3.8) is 0 Å². The van der Waals surface area contributed by atoms with Crippen molar-refractivity contribution in [3.05, 3.63) is 66.0 Å². The first-order chi connectivity index (χ1) is 21.2. The number of amides is 2. The number of halogens is 2. The van der Waals surface area contributed by atoms with Crippen LogP contribution in [0.15, 0.2) is 70.0 Å². The van der Waals surface area contributed by atoms with Crippen molar-refractivity contribution in [2.75, 3.05) is 66.1 Å². The van der Waals surface area contributed by atoms with Gasteiger partial charge < -0.3 is 23.7 Å². The number of carbonyl (C=O) groups excluding carboxylic acids is 2. The van der Waals surface area contributed by atoms with Gasteiger partial charge in [-0.25, -0.2) is 13.0 Å². The number of rotatable bonds is 5. The maximum absolute atomic E-state index is 12.4. The molecule has 0 aromatic heterocycles. The Morgan fingerprint density at radius 1 is 0.818 bits per heavy atom. The van der Waals surface area contributed by atoms with E-state index in [2.05, 4.69) is 54.7 Å². The molecule has 2 aromatic rings. The Kier molecular flexibility index (Phi) is 9.17. The minimum Gasteiger partial charge on any atom is -0.744 e. The number of fused-ring (bicyclic) bond motifs is 2. The molecule has 10 nitrogen and oxygen atoms in total. The average Bonchev–Trinajstić information content (AvgIpc) is 3.05. The van der Waals surface area contributed by atoms with Gasteiger partial charge in [-0.1, -0.05) is 63.4 Å². The molecule has 2 aromatic carbocycles. The molecule has 230 valence electrons. The van der Waals surface area contributed by atoms with Gasteiger partial charge in [0.25, 0.3) is 0 Å². The molecule has 6 rings (SSSR count). The van der Waals surface area contributed by atoms with Crippen LogP contribution in [0, 0.1) is 0 Å². The highest BCUT2D eigenvalue weighted by Gasteiger charge is 2.26. The second kappa shape index (κ2) is 12.9. The summed E-state index contributed by atoms with van der Waals surface area (Å²) in [6.07, 6.45) is 0. The van der Waals surface area contributed by atoms with Gasteiger partial charge in [-0.05, 0) is 24.3 Å². The minimum absolute atomic E-state index is 0.135. The Morgan fingerprint density at radius 3 is 2.14 bits per heavy atom. The van der Waals surface area contributed by atoms with Gasteiger partial charge >= 0.3 is 0 Å². The van der Waals surface area contributed by atoms with Crippen LogP contribution in [0.4, 0.5) is 5.69 Å². The predicted molar refractivity (Wildman–Crippen MR) is 184 cm³/mol. The van der Waals surface area contributed by atoms with Crippen LogP contribution in [-0.4, -0.2) is 95.8 Å². The summed E-state index contributed by atoms with van der Waals surface area (Å²) in [7, 11) is -4.76. The number of piperazine rings is 2. The van der Waals surface area contributed by atoms with Crippen molar-refractivity contribution in [2.45, 2.75) is 4.90 Å². The van der Waals surface area contributed by atoms with Crippen molar-refractivity contribution >= 4 is 83.8 Å². The van der Waals surface area contributed by atoms with E-state index in [4.69, 9.17) is 4.42 Å². The van der Waals surface area contributed by atoms with Crippen LogP contribution in [-0.2, 0) is 19.7 Å². The molecule has 0 bridgehead atoms. The van der Waals surface area contributed by atoms with Crippen LogP contribution in [0.25, 0.3) is 33.4 Å². The second-order valence-corrected chi connectivity index (χ2v) is 13.7. The summed E-state index contributed by atoms with van der Waals surface area (Å²) >= 11 is 4.18. The summed E-state index contributed by atoms with van der Waals surface area (Å²) in [5.41, 5.74) is 3.12. The summed E-state index contributed by atoms with van der Waals surface area (Å²) in [5, 5.41) is 1.62. The maximum atomic E-state index is 12.4. The molecule has 4 aliphatic rings. The van der Waals surface area contributed by atoms with E-state index in [1.807, 2.05) is 46.2 Å². The fourth-order valence-corrected chi connectivity index (χ4v) is 7.69. The van der Waals surface area contributed by atoms with E-state index >= 15 is 0 Å². The van der Waals surface area contributed by atoms with Crippen LogP contribution >= 0.6 is 45.2 Å². The molecule has 0 saturated carbocycles. The van der Waals surface area contributed by atoms with E-state index < -0.39 is 10.1 Å². The van der Waals surface area contributed by atoms with Gasteiger partial charge in [0.15, 0.2) is 13.1 Å². The predicted octanol–water partition coefficient (Wildman–Crippen LogP) is 3.24. The van der Waals surface area contributed by atoms with E-state index in [0.29, 0.717) is 94.6 Å².